The van der Waals surface area contributed by atoms with E-state index in [1.165, 1.54) is 17.1 Å². The summed E-state index contributed by atoms with van der Waals surface area (Å²) in [5.41, 5.74) is 7.30. The molecule has 0 fully saturated rings. The Hall–Kier alpha value is -0.430. The fraction of sp³-hybridized carbons (Fsp3) is 0.333. The largest absolute Gasteiger partial charge is 0.327 e. The van der Waals surface area contributed by atoms with E-state index < -0.39 is 0 Å². The van der Waals surface area contributed by atoms with E-state index in [9.17, 15) is 0 Å². The average Bonchev–Trinajstić information content (AvgIpc) is 2.71. The van der Waals surface area contributed by atoms with Gasteiger partial charge >= 0.3 is 0 Å². The van der Waals surface area contributed by atoms with E-state index in [-0.39, 0.29) is 11.3 Å². The van der Waals surface area contributed by atoms with Crippen LogP contribution in [0.15, 0.2) is 33.1 Å². The minimum atomic E-state index is 0.0495. The minimum Gasteiger partial charge on any atom is -0.327 e. The number of aryl methyl sites for hydroxylation is 1. The molecule has 0 spiro atoms. The summed E-state index contributed by atoms with van der Waals surface area (Å²) >= 11 is 6.60. The van der Waals surface area contributed by atoms with E-state index in [4.69, 9.17) is 5.73 Å². The van der Waals surface area contributed by atoms with E-state index in [1.807, 2.05) is 26.0 Å². The predicted molar refractivity (Wildman–Crippen MR) is 81.0 cm³/mol. The summed E-state index contributed by atoms with van der Waals surface area (Å²) in [7, 11) is 0. The lowest BCUT2D eigenvalue weighted by Crippen LogP contribution is -2.22. The van der Waals surface area contributed by atoms with Crippen molar-refractivity contribution in [2.75, 3.05) is 0 Å². The van der Waals surface area contributed by atoms with Crippen LogP contribution in [-0.4, -0.2) is 15.4 Å². The van der Waals surface area contributed by atoms with E-state index in [2.05, 4.69) is 37.4 Å². The lowest BCUT2D eigenvalue weighted by Gasteiger charge is -2.19. The van der Waals surface area contributed by atoms with Crippen LogP contribution >= 0.6 is 39.2 Å². The van der Waals surface area contributed by atoms with Gasteiger partial charge in [-0.3, -0.25) is 0 Å². The molecule has 0 amide bonds. The highest BCUT2D eigenvalue weighted by atomic mass is 79.9. The minimum absolute atomic E-state index is 0.0495. The molecule has 0 bridgehead atoms. The van der Waals surface area contributed by atoms with Gasteiger partial charge in [-0.25, -0.2) is 4.98 Å². The molecular weight excluding hydrogens is 330 g/mol. The summed E-state index contributed by atoms with van der Waals surface area (Å²) in [6.07, 6.45) is 0. The molecule has 0 saturated carbocycles. The van der Waals surface area contributed by atoms with Crippen LogP contribution < -0.4 is 5.73 Å². The SMILES string of the molecule is Cc1nsc(SC(c2cccc(Br)c2)C(C)N)n1. The van der Waals surface area contributed by atoms with Gasteiger partial charge < -0.3 is 5.73 Å². The Morgan fingerprint density at radius 2 is 2.22 bits per heavy atom. The van der Waals surface area contributed by atoms with Gasteiger partial charge in [-0.05, 0) is 43.1 Å². The van der Waals surface area contributed by atoms with Crippen molar-refractivity contribution >= 4 is 39.2 Å². The van der Waals surface area contributed by atoms with E-state index in [1.54, 1.807) is 11.8 Å². The zero-order valence-corrected chi connectivity index (χ0v) is 13.3. The summed E-state index contributed by atoms with van der Waals surface area (Å²) in [5.74, 6) is 0.820. The van der Waals surface area contributed by atoms with E-state index >= 15 is 0 Å². The molecule has 2 aromatic rings. The van der Waals surface area contributed by atoms with Crippen LogP contribution in [0.1, 0.15) is 23.6 Å². The number of halogens is 1. The van der Waals surface area contributed by atoms with Crippen molar-refractivity contribution in [3.8, 4) is 0 Å². The Balaban J connectivity index is 2.23. The molecule has 0 aliphatic heterocycles. The number of hydrogen-bond acceptors (Lipinski definition) is 5. The number of aromatic nitrogens is 2. The molecular formula is C12H14BrN3S2. The maximum absolute atomic E-state index is 6.09. The quantitative estimate of drug-likeness (QED) is 0.858. The highest BCUT2D eigenvalue weighted by Gasteiger charge is 2.19. The fourth-order valence-corrected chi connectivity index (χ4v) is 3.93. The number of rotatable bonds is 4. The molecule has 0 aliphatic carbocycles. The lowest BCUT2D eigenvalue weighted by atomic mass is 10.1. The van der Waals surface area contributed by atoms with E-state index in [0.717, 1.165) is 14.6 Å². The van der Waals surface area contributed by atoms with Gasteiger partial charge in [-0.1, -0.05) is 39.8 Å². The maximum Gasteiger partial charge on any atom is 0.170 e. The van der Waals surface area contributed by atoms with Crippen molar-refractivity contribution in [3.05, 3.63) is 40.1 Å². The van der Waals surface area contributed by atoms with Crippen molar-refractivity contribution in [1.29, 1.82) is 0 Å². The van der Waals surface area contributed by atoms with Crippen LogP contribution in [0.3, 0.4) is 0 Å². The molecule has 1 aromatic carbocycles. The third-order valence-corrected chi connectivity index (χ3v) is 5.25. The number of benzene rings is 1. The molecule has 1 aromatic heterocycles. The number of thioether (sulfide) groups is 1. The van der Waals surface area contributed by atoms with Gasteiger partial charge in [0.05, 0.1) is 5.25 Å². The summed E-state index contributed by atoms with van der Waals surface area (Å²) in [4.78, 5) is 4.38. The van der Waals surface area contributed by atoms with Gasteiger partial charge in [0, 0.05) is 10.5 Å². The third kappa shape index (κ3) is 3.54. The second-order valence-electron chi connectivity index (χ2n) is 4.06. The summed E-state index contributed by atoms with van der Waals surface area (Å²) in [5, 5.41) is 0.190. The van der Waals surface area contributed by atoms with Gasteiger partial charge in [0.15, 0.2) is 4.34 Å². The van der Waals surface area contributed by atoms with Crippen LogP contribution in [0, 0.1) is 6.92 Å². The molecule has 2 rings (SSSR count). The molecule has 3 nitrogen and oxygen atoms in total. The molecule has 1 heterocycles. The normalized spacial score (nSPS) is 14.4. The molecule has 6 heteroatoms. The first-order valence-corrected chi connectivity index (χ1v) is 7.99. The topological polar surface area (TPSA) is 51.8 Å². The Labute approximate surface area is 123 Å². The van der Waals surface area contributed by atoms with Crippen LogP contribution in [0.2, 0.25) is 0 Å². The van der Waals surface area contributed by atoms with Gasteiger partial charge in [-0.15, -0.1) is 0 Å². The standard InChI is InChI=1S/C12H14BrN3S2/c1-7(14)11(9-4-3-5-10(13)6-9)17-12-15-8(2)16-18-12/h3-7,11H,14H2,1-2H3. The summed E-state index contributed by atoms with van der Waals surface area (Å²) < 4.78 is 6.24. The van der Waals surface area contributed by atoms with Crippen molar-refractivity contribution in [1.82, 2.24) is 9.36 Å². The predicted octanol–water partition coefficient (Wildman–Crippen LogP) is 3.79. The van der Waals surface area contributed by atoms with Crippen molar-refractivity contribution in [3.63, 3.8) is 0 Å². The third-order valence-electron chi connectivity index (χ3n) is 2.39. The van der Waals surface area contributed by atoms with Gasteiger partial charge in [0.25, 0.3) is 0 Å². The Morgan fingerprint density at radius 3 is 2.78 bits per heavy atom. The Kier molecular flexibility index (Phi) is 4.77. The van der Waals surface area contributed by atoms with Crippen LogP contribution in [0.25, 0.3) is 0 Å². The van der Waals surface area contributed by atoms with Gasteiger partial charge in [0.1, 0.15) is 5.82 Å². The molecule has 0 aliphatic rings. The molecule has 0 radical (unpaired) electrons. The van der Waals surface area contributed by atoms with Crippen LogP contribution in [-0.2, 0) is 0 Å². The van der Waals surface area contributed by atoms with E-state index in [0.29, 0.717) is 0 Å². The summed E-state index contributed by atoms with van der Waals surface area (Å²) in [6.45, 7) is 3.92. The first-order valence-electron chi connectivity index (χ1n) is 5.54. The first kappa shape index (κ1) is 14.0. The zero-order chi connectivity index (χ0) is 13.1. The molecule has 2 atom stereocenters. The number of hydrogen-bond donors (Lipinski definition) is 1. The van der Waals surface area contributed by atoms with Crippen LogP contribution in [0.4, 0.5) is 0 Å². The molecule has 2 N–H and O–H groups in total. The van der Waals surface area contributed by atoms with Crippen molar-refractivity contribution in [2.45, 2.75) is 29.5 Å². The number of nitrogens with two attached hydrogens (primary N) is 1. The molecule has 96 valence electrons. The maximum atomic E-state index is 6.09. The molecule has 18 heavy (non-hydrogen) atoms. The lowest BCUT2D eigenvalue weighted by molar-refractivity contribution is 0.720. The zero-order valence-electron chi connectivity index (χ0n) is 10.1. The molecule has 0 saturated heterocycles. The monoisotopic (exact) mass is 343 g/mol. The smallest absolute Gasteiger partial charge is 0.170 e. The second-order valence-corrected chi connectivity index (χ2v) is 7.12. The summed E-state index contributed by atoms with van der Waals surface area (Å²) in [6, 6.07) is 8.30. The molecule has 2 unspecified atom stereocenters. The first-order chi connectivity index (χ1) is 8.56. The van der Waals surface area contributed by atoms with Crippen molar-refractivity contribution < 1.29 is 0 Å². The van der Waals surface area contributed by atoms with Crippen LogP contribution in [0.5, 0.6) is 0 Å². The number of nitrogens with zero attached hydrogens (tertiary/aromatic N) is 2. The highest BCUT2D eigenvalue weighted by Crippen LogP contribution is 2.38. The second kappa shape index (κ2) is 6.14. The fourth-order valence-electron chi connectivity index (χ4n) is 1.60. The Bertz CT molecular complexity index is 528. The van der Waals surface area contributed by atoms with Gasteiger partial charge in [0.2, 0.25) is 0 Å². The van der Waals surface area contributed by atoms with Crippen molar-refractivity contribution in [2.24, 2.45) is 5.73 Å². The highest BCUT2D eigenvalue weighted by molar-refractivity contribution is 9.10. The van der Waals surface area contributed by atoms with Gasteiger partial charge in [-0.2, -0.15) is 4.37 Å². The average molecular weight is 344 g/mol. The Morgan fingerprint density at radius 1 is 1.44 bits per heavy atom.